The summed E-state index contributed by atoms with van der Waals surface area (Å²) in [5.74, 6) is 0.263. The number of hydrogen-bond acceptors (Lipinski definition) is 6. The topological polar surface area (TPSA) is 73.9 Å². The highest BCUT2D eigenvalue weighted by atomic mass is 16.5. The fourth-order valence-electron chi connectivity index (χ4n) is 2.70. The van der Waals surface area contributed by atoms with Gasteiger partial charge in [0.05, 0.1) is 31.6 Å². The molecule has 29 heavy (non-hydrogen) atoms. The molecule has 0 fully saturated rings. The zero-order chi connectivity index (χ0) is 21.4. The van der Waals surface area contributed by atoms with Gasteiger partial charge < -0.3 is 19.5 Å². The number of benzene rings is 2. The molecule has 0 amide bonds. The Morgan fingerprint density at radius 2 is 1.69 bits per heavy atom. The first-order valence-corrected chi connectivity index (χ1v) is 9.47. The van der Waals surface area contributed by atoms with Crippen LogP contribution in [0, 0.1) is 13.8 Å². The minimum Gasteiger partial charge on any atom is -0.490 e. The highest BCUT2D eigenvalue weighted by molar-refractivity contribution is 6.04. The predicted molar refractivity (Wildman–Crippen MR) is 113 cm³/mol. The summed E-state index contributed by atoms with van der Waals surface area (Å²) in [7, 11) is 1.31. The minimum absolute atomic E-state index is 0.132. The van der Waals surface area contributed by atoms with Crippen molar-refractivity contribution in [3.05, 3.63) is 64.9 Å². The van der Waals surface area contributed by atoms with E-state index >= 15 is 0 Å². The summed E-state index contributed by atoms with van der Waals surface area (Å²) in [6.45, 7) is 8.49. The maximum absolute atomic E-state index is 12.4. The van der Waals surface area contributed by atoms with Crippen LogP contribution in [0.15, 0.2) is 42.6 Å². The van der Waals surface area contributed by atoms with E-state index in [0.717, 1.165) is 11.1 Å². The maximum Gasteiger partial charge on any atom is 0.338 e. The van der Waals surface area contributed by atoms with Gasteiger partial charge in [-0.2, -0.15) is 0 Å². The van der Waals surface area contributed by atoms with E-state index in [9.17, 15) is 9.59 Å². The Morgan fingerprint density at radius 1 is 0.966 bits per heavy atom. The largest absolute Gasteiger partial charge is 0.490 e. The van der Waals surface area contributed by atoms with E-state index in [-0.39, 0.29) is 5.78 Å². The standard InChI is InChI=1S/C23H27NO5/c1-6-28-21-14-18(23(26)27-5)13-19(22(21)29-7-2)24-11-10-20(25)17-9-8-15(3)16(4)12-17/h8-14,24H,6-7H2,1-5H3/b11-10+. The fourth-order valence-corrected chi connectivity index (χ4v) is 2.70. The van der Waals surface area contributed by atoms with Gasteiger partial charge in [-0.05, 0) is 57.0 Å². The summed E-state index contributed by atoms with van der Waals surface area (Å²) in [5, 5.41) is 3.03. The van der Waals surface area contributed by atoms with Gasteiger partial charge in [-0.1, -0.05) is 12.1 Å². The van der Waals surface area contributed by atoms with Crippen LogP contribution in [0.25, 0.3) is 0 Å². The van der Waals surface area contributed by atoms with Gasteiger partial charge in [0.1, 0.15) is 0 Å². The zero-order valence-electron chi connectivity index (χ0n) is 17.5. The lowest BCUT2D eigenvalue weighted by molar-refractivity contribution is 0.0600. The number of hydrogen-bond donors (Lipinski definition) is 1. The summed E-state index contributed by atoms with van der Waals surface area (Å²) < 4.78 is 16.1. The number of aryl methyl sites for hydroxylation is 2. The van der Waals surface area contributed by atoms with Gasteiger partial charge in [0.15, 0.2) is 17.3 Å². The summed E-state index contributed by atoms with van der Waals surface area (Å²) in [6, 6.07) is 8.76. The minimum atomic E-state index is -0.493. The average molecular weight is 397 g/mol. The van der Waals surface area contributed by atoms with Crippen LogP contribution < -0.4 is 14.8 Å². The summed E-state index contributed by atoms with van der Waals surface area (Å²) in [4.78, 5) is 24.4. The van der Waals surface area contributed by atoms with E-state index < -0.39 is 5.97 Å². The van der Waals surface area contributed by atoms with E-state index in [2.05, 4.69) is 5.32 Å². The predicted octanol–water partition coefficient (Wildman–Crippen LogP) is 4.70. The Kier molecular flexibility index (Phi) is 7.83. The van der Waals surface area contributed by atoms with Crippen molar-refractivity contribution in [3.8, 4) is 11.5 Å². The Morgan fingerprint density at radius 3 is 2.31 bits per heavy atom. The zero-order valence-corrected chi connectivity index (χ0v) is 17.5. The quantitative estimate of drug-likeness (QED) is 0.376. The van der Waals surface area contributed by atoms with Crippen molar-refractivity contribution in [2.45, 2.75) is 27.7 Å². The van der Waals surface area contributed by atoms with Crippen molar-refractivity contribution >= 4 is 17.4 Å². The van der Waals surface area contributed by atoms with E-state index in [4.69, 9.17) is 14.2 Å². The molecule has 0 unspecified atom stereocenters. The third kappa shape index (κ3) is 5.60. The lowest BCUT2D eigenvalue weighted by Crippen LogP contribution is -2.07. The molecule has 0 aliphatic heterocycles. The summed E-state index contributed by atoms with van der Waals surface area (Å²) in [6.07, 6.45) is 2.96. The Bertz CT molecular complexity index is 918. The molecule has 0 aliphatic carbocycles. The number of nitrogens with one attached hydrogen (secondary N) is 1. The van der Waals surface area contributed by atoms with Crippen LogP contribution in [-0.2, 0) is 4.74 Å². The number of carbonyl (C=O) groups excluding carboxylic acids is 2. The molecular weight excluding hydrogens is 370 g/mol. The van der Waals surface area contributed by atoms with Crippen LogP contribution in [0.3, 0.4) is 0 Å². The van der Waals surface area contributed by atoms with Gasteiger partial charge in [-0.3, -0.25) is 4.79 Å². The second kappa shape index (κ2) is 10.3. The van der Waals surface area contributed by atoms with Crippen molar-refractivity contribution in [3.63, 3.8) is 0 Å². The van der Waals surface area contributed by atoms with Crippen molar-refractivity contribution in [1.29, 1.82) is 0 Å². The molecule has 2 aromatic rings. The van der Waals surface area contributed by atoms with Crippen LogP contribution in [0.5, 0.6) is 11.5 Å². The van der Waals surface area contributed by atoms with Crippen LogP contribution in [0.4, 0.5) is 5.69 Å². The lowest BCUT2D eigenvalue weighted by Gasteiger charge is -2.16. The second-order valence-corrected chi connectivity index (χ2v) is 6.35. The molecule has 0 aromatic heterocycles. The normalized spacial score (nSPS) is 10.7. The Balaban J connectivity index is 2.32. The van der Waals surface area contributed by atoms with E-state index in [1.54, 1.807) is 18.2 Å². The maximum atomic E-state index is 12.4. The van der Waals surface area contributed by atoms with E-state index in [0.29, 0.717) is 41.5 Å². The number of esters is 1. The summed E-state index contributed by atoms with van der Waals surface area (Å²) >= 11 is 0. The molecule has 0 saturated heterocycles. The van der Waals surface area contributed by atoms with Gasteiger partial charge in [-0.15, -0.1) is 0 Å². The number of ether oxygens (including phenoxy) is 3. The molecule has 0 bridgehead atoms. The molecule has 0 spiro atoms. The van der Waals surface area contributed by atoms with Crippen molar-refractivity contribution < 1.29 is 23.8 Å². The number of carbonyl (C=O) groups is 2. The first-order valence-electron chi connectivity index (χ1n) is 9.47. The molecular formula is C23H27NO5. The van der Waals surface area contributed by atoms with Crippen molar-refractivity contribution in [2.24, 2.45) is 0 Å². The molecule has 2 rings (SSSR count). The number of ketones is 1. The molecule has 0 saturated carbocycles. The molecule has 6 heteroatoms. The molecule has 6 nitrogen and oxygen atoms in total. The molecule has 0 heterocycles. The monoisotopic (exact) mass is 397 g/mol. The van der Waals surface area contributed by atoms with Crippen LogP contribution in [0.1, 0.15) is 45.7 Å². The Labute approximate surface area is 171 Å². The number of anilines is 1. The fraction of sp³-hybridized carbons (Fsp3) is 0.304. The first-order chi connectivity index (χ1) is 13.9. The lowest BCUT2D eigenvalue weighted by atomic mass is 10.0. The molecule has 154 valence electrons. The van der Waals surface area contributed by atoms with E-state index in [1.807, 2.05) is 39.8 Å². The van der Waals surface area contributed by atoms with Gasteiger partial charge in [0.2, 0.25) is 0 Å². The third-order valence-electron chi connectivity index (χ3n) is 4.33. The number of allylic oxidation sites excluding steroid dienone is 1. The highest BCUT2D eigenvalue weighted by Crippen LogP contribution is 2.37. The van der Waals surface area contributed by atoms with Gasteiger partial charge in [-0.25, -0.2) is 4.79 Å². The van der Waals surface area contributed by atoms with Gasteiger partial charge >= 0.3 is 5.97 Å². The summed E-state index contributed by atoms with van der Waals surface area (Å²) in [5.41, 5.74) is 3.61. The van der Waals surface area contributed by atoms with Crippen LogP contribution >= 0.6 is 0 Å². The second-order valence-electron chi connectivity index (χ2n) is 6.35. The smallest absolute Gasteiger partial charge is 0.338 e. The van der Waals surface area contributed by atoms with Gasteiger partial charge in [0, 0.05) is 17.8 Å². The van der Waals surface area contributed by atoms with Crippen LogP contribution in [-0.4, -0.2) is 32.1 Å². The molecule has 2 aromatic carbocycles. The van der Waals surface area contributed by atoms with Crippen molar-refractivity contribution in [1.82, 2.24) is 0 Å². The number of rotatable bonds is 9. The molecule has 1 N–H and O–H groups in total. The Hall–Kier alpha value is -3.28. The van der Waals surface area contributed by atoms with Gasteiger partial charge in [0.25, 0.3) is 0 Å². The molecule has 0 atom stereocenters. The molecule has 0 aliphatic rings. The first kappa shape index (κ1) is 22.0. The third-order valence-corrected chi connectivity index (χ3v) is 4.33. The highest BCUT2D eigenvalue weighted by Gasteiger charge is 2.17. The SMILES string of the molecule is CCOc1cc(C(=O)OC)cc(N/C=C/C(=O)c2ccc(C)c(C)c2)c1OCC. The van der Waals surface area contributed by atoms with E-state index in [1.165, 1.54) is 19.4 Å². The van der Waals surface area contributed by atoms with Crippen LogP contribution in [0.2, 0.25) is 0 Å². The molecule has 0 radical (unpaired) electrons. The average Bonchev–Trinajstić information content (AvgIpc) is 2.71. The number of methoxy groups -OCH3 is 1. The van der Waals surface area contributed by atoms with Crippen molar-refractivity contribution in [2.75, 3.05) is 25.6 Å².